The summed E-state index contributed by atoms with van der Waals surface area (Å²) in [7, 11) is 0. The second-order valence-electron chi connectivity index (χ2n) is 8.09. The van der Waals surface area contributed by atoms with E-state index in [1.807, 2.05) is 30.3 Å². The Balaban J connectivity index is 1.33. The Morgan fingerprint density at radius 1 is 1.29 bits per heavy atom. The van der Waals surface area contributed by atoms with Gasteiger partial charge >= 0.3 is 5.97 Å². The second-order valence-corrected chi connectivity index (χ2v) is 9.16. The van der Waals surface area contributed by atoms with E-state index in [-0.39, 0.29) is 34.9 Å². The lowest BCUT2D eigenvalue weighted by molar-refractivity contribution is -0.147. The zero-order chi connectivity index (χ0) is 19.7. The van der Waals surface area contributed by atoms with E-state index in [9.17, 15) is 9.59 Å². The highest BCUT2D eigenvalue weighted by Gasteiger charge is 2.61. The van der Waals surface area contributed by atoms with Gasteiger partial charge in [-0.2, -0.15) is 0 Å². The molecule has 1 saturated carbocycles. The van der Waals surface area contributed by atoms with E-state index in [1.54, 1.807) is 6.26 Å². The molecule has 2 atom stereocenters. The smallest absolute Gasteiger partial charge is 0.310 e. The molecule has 1 aromatic carbocycles. The Morgan fingerprint density at radius 2 is 2.07 bits per heavy atom. The number of hydrogen-bond acceptors (Lipinski definition) is 5. The molecular weight excluding hydrogens is 372 g/mol. The predicted octanol–water partition coefficient (Wildman–Crippen LogP) is 4.78. The van der Waals surface area contributed by atoms with Crippen LogP contribution in [-0.4, -0.2) is 16.8 Å². The zero-order valence-electron chi connectivity index (χ0n) is 16.1. The molecule has 0 amide bonds. The van der Waals surface area contributed by atoms with Crippen LogP contribution < -0.4 is 0 Å². The Morgan fingerprint density at radius 3 is 2.79 bits per heavy atom. The van der Waals surface area contributed by atoms with Gasteiger partial charge < -0.3 is 9.15 Å². The van der Waals surface area contributed by atoms with Gasteiger partial charge in [-0.3, -0.25) is 9.59 Å². The number of esters is 1. The molecule has 4 rings (SSSR count). The number of benzene rings is 1. The van der Waals surface area contributed by atoms with Gasteiger partial charge in [0.05, 0.1) is 12.2 Å². The van der Waals surface area contributed by atoms with Crippen LogP contribution in [0, 0.1) is 17.3 Å². The van der Waals surface area contributed by atoms with Crippen molar-refractivity contribution in [2.75, 3.05) is 5.75 Å². The molecule has 0 spiro atoms. The van der Waals surface area contributed by atoms with Crippen LogP contribution in [0.15, 0.2) is 58.7 Å². The van der Waals surface area contributed by atoms with Gasteiger partial charge in [0.15, 0.2) is 0 Å². The van der Waals surface area contributed by atoms with Gasteiger partial charge in [0.25, 0.3) is 0 Å². The number of allylic oxidation sites excluding steroid dienone is 1. The lowest BCUT2D eigenvalue weighted by atomic mass is 10.1. The number of hydrogen-bond donors (Lipinski definition) is 0. The average Bonchev–Trinajstić information content (AvgIpc) is 3.03. The van der Waals surface area contributed by atoms with Gasteiger partial charge in [0, 0.05) is 23.3 Å². The van der Waals surface area contributed by atoms with Crippen molar-refractivity contribution in [1.29, 1.82) is 0 Å². The molecule has 2 fully saturated rings. The van der Waals surface area contributed by atoms with Crippen molar-refractivity contribution >= 4 is 22.8 Å². The summed E-state index contributed by atoms with van der Waals surface area (Å²) in [6.07, 6.45) is 5.17. The van der Waals surface area contributed by atoms with Crippen LogP contribution >= 0.6 is 11.8 Å². The van der Waals surface area contributed by atoms with E-state index in [0.29, 0.717) is 6.42 Å². The monoisotopic (exact) mass is 396 g/mol. The molecule has 1 aromatic heterocycles. The largest absolute Gasteiger partial charge is 0.469 e. The van der Waals surface area contributed by atoms with Gasteiger partial charge in [-0.05, 0) is 29.4 Å². The lowest BCUT2D eigenvalue weighted by Crippen LogP contribution is -2.10. The third-order valence-corrected chi connectivity index (χ3v) is 6.66. The molecular formula is C23H24O4S. The average molecular weight is 397 g/mol. The number of carbonyl (C=O) groups is 2. The first-order chi connectivity index (χ1) is 13.4. The molecule has 2 aromatic rings. The molecule has 2 heterocycles. The molecule has 4 nitrogen and oxygen atoms in total. The molecule has 2 aliphatic rings. The van der Waals surface area contributed by atoms with Crippen LogP contribution in [0.2, 0.25) is 0 Å². The van der Waals surface area contributed by atoms with E-state index in [2.05, 4.69) is 26.0 Å². The predicted molar refractivity (Wildman–Crippen MR) is 109 cm³/mol. The molecule has 0 N–H and O–H groups in total. The van der Waals surface area contributed by atoms with E-state index < -0.39 is 0 Å². The Labute approximate surface area is 169 Å². The fourth-order valence-corrected chi connectivity index (χ4v) is 4.75. The fourth-order valence-electron chi connectivity index (χ4n) is 3.89. The Hall–Kier alpha value is -2.27. The lowest BCUT2D eigenvalue weighted by Gasteiger charge is -2.03. The normalized spacial score (nSPS) is 24.5. The van der Waals surface area contributed by atoms with E-state index in [4.69, 9.17) is 9.15 Å². The number of thioether (sulfide) groups is 1. The van der Waals surface area contributed by atoms with Gasteiger partial charge in [-0.25, -0.2) is 0 Å². The molecule has 5 heteroatoms. The van der Waals surface area contributed by atoms with Crippen molar-refractivity contribution < 1.29 is 18.7 Å². The van der Waals surface area contributed by atoms with Gasteiger partial charge in [-0.1, -0.05) is 62.0 Å². The maximum absolute atomic E-state index is 12.6. The third kappa shape index (κ3) is 3.95. The first-order valence-corrected chi connectivity index (χ1v) is 10.6. The molecule has 0 radical (unpaired) electrons. The van der Waals surface area contributed by atoms with Gasteiger partial charge in [-0.15, -0.1) is 0 Å². The minimum Gasteiger partial charge on any atom is -0.469 e. The maximum Gasteiger partial charge on any atom is 0.310 e. The summed E-state index contributed by atoms with van der Waals surface area (Å²) >= 11 is 1.36. The molecule has 28 heavy (non-hydrogen) atoms. The number of rotatable bonds is 6. The van der Waals surface area contributed by atoms with Gasteiger partial charge in [0.2, 0.25) is 5.12 Å². The van der Waals surface area contributed by atoms with Crippen molar-refractivity contribution in [3.63, 3.8) is 0 Å². The highest BCUT2D eigenvalue weighted by molar-refractivity contribution is 8.14. The van der Waals surface area contributed by atoms with Crippen LogP contribution in [0.3, 0.4) is 0 Å². The minimum absolute atomic E-state index is 0.0793. The number of furan rings is 1. The topological polar surface area (TPSA) is 56.5 Å². The van der Waals surface area contributed by atoms with E-state index in [0.717, 1.165) is 29.1 Å². The summed E-state index contributed by atoms with van der Waals surface area (Å²) in [4.78, 5) is 24.4. The van der Waals surface area contributed by atoms with Gasteiger partial charge in [0.1, 0.15) is 12.4 Å². The maximum atomic E-state index is 12.6. The fraction of sp³-hybridized carbons (Fsp3) is 0.391. The first-order valence-electron chi connectivity index (χ1n) is 9.60. The summed E-state index contributed by atoms with van der Waals surface area (Å²) in [6.45, 7) is 4.33. The summed E-state index contributed by atoms with van der Waals surface area (Å²) in [5.74, 6) is 1.39. The van der Waals surface area contributed by atoms with Crippen molar-refractivity contribution in [3.8, 4) is 0 Å². The van der Waals surface area contributed by atoms with E-state index >= 15 is 0 Å². The summed E-state index contributed by atoms with van der Waals surface area (Å²) in [6, 6.07) is 12.0. The van der Waals surface area contributed by atoms with Crippen molar-refractivity contribution in [1.82, 2.24) is 0 Å². The van der Waals surface area contributed by atoms with Crippen LogP contribution in [0.25, 0.3) is 0 Å². The molecule has 1 aliphatic heterocycles. The van der Waals surface area contributed by atoms with Crippen molar-refractivity contribution in [2.45, 2.75) is 33.3 Å². The minimum atomic E-state index is -0.198. The zero-order valence-corrected chi connectivity index (χ0v) is 17.0. The Bertz CT molecular complexity index is 910. The summed E-state index contributed by atoms with van der Waals surface area (Å²) in [5.41, 5.74) is 2.73. The van der Waals surface area contributed by atoms with Crippen LogP contribution in [0.1, 0.15) is 37.2 Å². The number of carbonyl (C=O) groups excluding carboxylic acids is 2. The van der Waals surface area contributed by atoms with Crippen LogP contribution in [0.4, 0.5) is 0 Å². The molecule has 1 aliphatic carbocycles. The van der Waals surface area contributed by atoms with Crippen molar-refractivity contribution in [2.24, 2.45) is 17.3 Å². The van der Waals surface area contributed by atoms with Crippen molar-refractivity contribution in [3.05, 3.63) is 71.2 Å². The van der Waals surface area contributed by atoms with Crippen LogP contribution in [-0.2, 0) is 27.4 Å². The quantitative estimate of drug-likeness (QED) is 0.520. The summed E-state index contributed by atoms with van der Waals surface area (Å²) in [5, 5.41) is 0.152. The summed E-state index contributed by atoms with van der Waals surface area (Å²) < 4.78 is 11.2. The SMILES string of the molecule is CC1(C)[C@H](/C=C2/CCSC2=O)[C@@H]1C(=O)OCc1coc(Cc2ccccc2)c1. The number of ether oxygens (including phenoxy) is 1. The molecule has 1 saturated heterocycles. The second kappa shape index (κ2) is 7.63. The standard InChI is InChI=1S/C23H24O4S/c1-23(2)19(12-17-8-9-28-22(17)25)20(23)21(24)27-14-16-11-18(26-13-16)10-15-6-4-3-5-7-15/h3-7,11-13,19-20H,8-10,14H2,1-2H3/b17-12-/t19-,20-/m1/s1. The third-order valence-electron chi connectivity index (χ3n) is 5.72. The molecule has 0 unspecified atom stereocenters. The van der Waals surface area contributed by atoms with Crippen LogP contribution in [0.5, 0.6) is 0 Å². The molecule has 0 bridgehead atoms. The first kappa shape index (κ1) is 19.1. The highest BCUT2D eigenvalue weighted by Crippen LogP contribution is 2.60. The van der Waals surface area contributed by atoms with E-state index in [1.165, 1.54) is 17.3 Å². The Kier molecular flexibility index (Phi) is 5.19. The highest BCUT2D eigenvalue weighted by atomic mass is 32.2. The molecule has 146 valence electrons.